The van der Waals surface area contributed by atoms with Crippen molar-refractivity contribution in [1.29, 1.82) is 0 Å². The van der Waals surface area contributed by atoms with E-state index in [0.717, 1.165) is 0 Å². The van der Waals surface area contributed by atoms with Gasteiger partial charge in [0.2, 0.25) is 23.6 Å². The number of aliphatic hydroxyl groups excluding tert-OH is 1. The number of aliphatic hydroxyl groups is 1. The highest BCUT2D eigenvalue weighted by Gasteiger charge is 2.25. The second-order valence-electron chi connectivity index (χ2n) is 7.45. The zero-order valence-electron chi connectivity index (χ0n) is 19.2. The Morgan fingerprint density at radius 1 is 0.943 bits per heavy atom. The van der Waals surface area contributed by atoms with E-state index in [2.05, 4.69) is 21.3 Å². The van der Waals surface area contributed by atoms with Crippen molar-refractivity contribution in [2.75, 3.05) is 31.7 Å². The molecule has 1 aromatic carbocycles. The van der Waals surface area contributed by atoms with Gasteiger partial charge in [0.05, 0.1) is 13.2 Å². The van der Waals surface area contributed by atoms with Crippen LogP contribution >= 0.6 is 11.8 Å². The molecule has 0 fully saturated rings. The van der Waals surface area contributed by atoms with Crippen LogP contribution in [0.5, 0.6) is 5.75 Å². The van der Waals surface area contributed by atoms with Gasteiger partial charge in [-0.05, 0) is 36.1 Å². The molecule has 13 nitrogen and oxygen atoms in total. The van der Waals surface area contributed by atoms with E-state index in [1.165, 1.54) is 23.9 Å². The van der Waals surface area contributed by atoms with E-state index in [0.29, 0.717) is 11.3 Å². The van der Waals surface area contributed by atoms with Crippen molar-refractivity contribution in [3.8, 4) is 5.75 Å². The van der Waals surface area contributed by atoms with Gasteiger partial charge in [-0.15, -0.1) is 0 Å². The minimum absolute atomic E-state index is 0.00552. The van der Waals surface area contributed by atoms with Gasteiger partial charge < -0.3 is 42.3 Å². The Balaban J connectivity index is 2.80. The number of thioether (sulfide) groups is 1. The lowest BCUT2D eigenvalue weighted by Gasteiger charge is -2.21. The van der Waals surface area contributed by atoms with Crippen molar-refractivity contribution in [3.63, 3.8) is 0 Å². The third kappa shape index (κ3) is 11.6. The highest BCUT2D eigenvalue weighted by Crippen LogP contribution is 2.11. The van der Waals surface area contributed by atoms with Gasteiger partial charge in [-0.25, -0.2) is 0 Å². The number of phenolic OH excluding ortho intramolecular Hbond substituents is 1. The van der Waals surface area contributed by atoms with Gasteiger partial charge in [-0.1, -0.05) is 12.1 Å². The number of nitrogens with one attached hydrogen (secondary N) is 4. The molecule has 0 heterocycles. The van der Waals surface area contributed by atoms with Crippen molar-refractivity contribution in [2.45, 2.75) is 31.0 Å². The molecule has 194 valence electrons. The number of hydrogen-bond acceptors (Lipinski definition) is 9. The summed E-state index contributed by atoms with van der Waals surface area (Å²) in [5, 5.41) is 36.7. The molecule has 35 heavy (non-hydrogen) atoms. The van der Waals surface area contributed by atoms with Crippen molar-refractivity contribution in [2.24, 2.45) is 5.73 Å². The Morgan fingerprint density at radius 3 is 2.11 bits per heavy atom. The number of amides is 4. The van der Waals surface area contributed by atoms with Crippen LogP contribution in [0.1, 0.15) is 12.0 Å². The van der Waals surface area contributed by atoms with Crippen molar-refractivity contribution < 1.29 is 39.3 Å². The fraction of sp³-hybridized carbons (Fsp3) is 0.476. The van der Waals surface area contributed by atoms with Gasteiger partial charge in [-0.3, -0.25) is 24.0 Å². The summed E-state index contributed by atoms with van der Waals surface area (Å²) in [6, 6.07) is 2.51. The molecule has 0 aromatic heterocycles. The number of carbonyl (C=O) groups is 5. The first-order chi connectivity index (χ1) is 16.6. The smallest absolute Gasteiger partial charge is 0.322 e. The molecule has 0 saturated heterocycles. The molecule has 14 heteroatoms. The average Bonchev–Trinajstić information content (AvgIpc) is 2.83. The number of aromatic hydroxyl groups is 1. The summed E-state index contributed by atoms with van der Waals surface area (Å²) in [7, 11) is 0. The quantitative estimate of drug-likeness (QED) is 0.121. The molecule has 0 unspecified atom stereocenters. The number of aliphatic carboxylic acids is 1. The number of benzene rings is 1. The number of nitrogens with two attached hydrogens (primary N) is 1. The van der Waals surface area contributed by atoms with E-state index < -0.39 is 67.4 Å². The van der Waals surface area contributed by atoms with E-state index in [4.69, 9.17) is 15.9 Å². The Morgan fingerprint density at radius 2 is 1.54 bits per heavy atom. The molecule has 0 saturated carbocycles. The summed E-state index contributed by atoms with van der Waals surface area (Å²) in [6.45, 7) is -1.76. The highest BCUT2D eigenvalue weighted by molar-refractivity contribution is 7.98. The number of carboxylic acids is 1. The van der Waals surface area contributed by atoms with Crippen LogP contribution in [0.15, 0.2) is 24.3 Å². The lowest BCUT2D eigenvalue weighted by Crippen LogP contribution is -2.55. The fourth-order valence-electron chi connectivity index (χ4n) is 2.77. The topological polar surface area (TPSA) is 220 Å². The fourth-order valence-corrected chi connectivity index (χ4v) is 3.24. The summed E-state index contributed by atoms with van der Waals surface area (Å²) in [5.74, 6) is -3.56. The van der Waals surface area contributed by atoms with Crippen LogP contribution < -0.4 is 27.0 Å². The molecule has 9 N–H and O–H groups in total. The molecule has 0 bridgehead atoms. The molecule has 4 amide bonds. The number of carbonyl (C=O) groups excluding carboxylic acids is 4. The Hall–Kier alpha value is -3.36. The van der Waals surface area contributed by atoms with Crippen LogP contribution in [0.25, 0.3) is 0 Å². The largest absolute Gasteiger partial charge is 0.508 e. The third-order valence-corrected chi connectivity index (χ3v) is 5.29. The van der Waals surface area contributed by atoms with E-state index >= 15 is 0 Å². The Kier molecular flexibility index (Phi) is 13.2. The van der Waals surface area contributed by atoms with E-state index in [-0.39, 0.29) is 18.6 Å². The van der Waals surface area contributed by atoms with Gasteiger partial charge in [0.1, 0.15) is 30.4 Å². The van der Waals surface area contributed by atoms with Crippen LogP contribution in [0.4, 0.5) is 0 Å². The van der Waals surface area contributed by atoms with Crippen LogP contribution in [0.2, 0.25) is 0 Å². The van der Waals surface area contributed by atoms with E-state index in [1.807, 2.05) is 0 Å². The average molecular weight is 514 g/mol. The molecule has 0 radical (unpaired) electrons. The molecular formula is C21H31N5O8S. The number of hydrogen-bond donors (Lipinski definition) is 8. The molecule has 0 aliphatic rings. The minimum Gasteiger partial charge on any atom is -0.508 e. The first-order valence-corrected chi connectivity index (χ1v) is 12.0. The predicted molar refractivity (Wildman–Crippen MR) is 127 cm³/mol. The van der Waals surface area contributed by atoms with Crippen LogP contribution in [-0.4, -0.2) is 94.7 Å². The summed E-state index contributed by atoms with van der Waals surface area (Å²) in [5.41, 5.74) is 6.09. The van der Waals surface area contributed by atoms with Gasteiger partial charge in [0, 0.05) is 6.42 Å². The highest BCUT2D eigenvalue weighted by atomic mass is 32.2. The Bertz CT molecular complexity index is 883. The molecule has 3 atom stereocenters. The molecule has 0 aliphatic heterocycles. The molecule has 0 aliphatic carbocycles. The predicted octanol–water partition coefficient (Wildman–Crippen LogP) is -2.71. The van der Waals surface area contributed by atoms with Gasteiger partial charge >= 0.3 is 5.97 Å². The standard InChI is InChI=1S/C21H31N5O8S/c1-35-7-6-15(20(33)24-10-18(30)31)25-17(29)9-23-21(34)16(26-19(32)14(22)11-27)8-12-2-4-13(28)5-3-12/h2-5,14-16,27-28H,6-11,22H2,1H3,(H,23,34)(H,24,33)(H,25,29)(H,26,32)(H,30,31)/t14-,15-,16-/m0/s1. The summed E-state index contributed by atoms with van der Waals surface area (Å²) < 4.78 is 0. The molecule has 0 spiro atoms. The van der Waals surface area contributed by atoms with Crippen LogP contribution in [0, 0.1) is 0 Å². The number of phenols is 1. The summed E-state index contributed by atoms with van der Waals surface area (Å²) in [6.07, 6.45) is 2.05. The minimum atomic E-state index is -1.25. The number of carboxylic acid groups (broad SMARTS) is 1. The summed E-state index contributed by atoms with van der Waals surface area (Å²) in [4.78, 5) is 60.1. The zero-order valence-corrected chi connectivity index (χ0v) is 20.0. The molecular weight excluding hydrogens is 482 g/mol. The summed E-state index contributed by atoms with van der Waals surface area (Å²) >= 11 is 1.43. The van der Waals surface area contributed by atoms with E-state index in [9.17, 15) is 29.1 Å². The van der Waals surface area contributed by atoms with Gasteiger partial charge in [0.15, 0.2) is 0 Å². The lowest BCUT2D eigenvalue weighted by atomic mass is 10.0. The normalized spacial score (nSPS) is 13.1. The maximum Gasteiger partial charge on any atom is 0.322 e. The second-order valence-corrected chi connectivity index (χ2v) is 8.44. The van der Waals surface area contributed by atoms with Crippen LogP contribution in [0.3, 0.4) is 0 Å². The van der Waals surface area contributed by atoms with E-state index in [1.54, 1.807) is 18.4 Å². The zero-order chi connectivity index (χ0) is 26.4. The first-order valence-electron chi connectivity index (χ1n) is 10.6. The Labute approximate surface area is 206 Å². The second kappa shape index (κ2) is 15.5. The third-order valence-electron chi connectivity index (χ3n) is 4.64. The van der Waals surface area contributed by atoms with Crippen molar-refractivity contribution >= 4 is 41.4 Å². The molecule has 1 rings (SSSR count). The first kappa shape index (κ1) is 29.7. The SMILES string of the molecule is CSCC[C@H](NC(=O)CNC(=O)[C@H](Cc1ccc(O)cc1)NC(=O)[C@@H](N)CO)C(=O)NCC(=O)O. The number of rotatable bonds is 15. The van der Waals surface area contributed by atoms with Crippen molar-refractivity contribution in [1.82, 2.24) is 21.3 Å². The van der Waals surface area contributed by atoms with Gasteiger partial charge in [-0.2, -0.15) is 11.8 Å². The molecule has 1 aromatic rings. The van der Waals surface area contributed by atoms with Gasteiger partial charge in [0.25, 0.3) is 0 Å². The monoisotopic (exact) mass is 513 g/mol. The lowest BCUT2D eigenvalue weighted by molar-refractivity contribution is -0.138. The van der Waals surface area contributed by atoms with Crippen molar-refractivity contribution in [3.05, 3.63) is 29.8 Å². The van der Waals surface area contributed by atoms with Crippen LogP contribution in [-0.2, 0) is 30.4 Å². The maximum atomic E-state index is 12.7. The maximum absolute atomic E-state index is 12.7.